The number of hydrogen-bond acceptors (Lipinski definition) is 3. The van der Waals surface area contributed by atoms with Crippen LogP contribution in [0.15, 0.2) is 12.5 Å². The van der Waals surface area contributed by atoms with Crippen LogP contribution in [0.4, 0.5) is 0 Å². The second-order valence-corrected chi connectivity index (χ2v) is 3.10. The maximum Gasteiger partial charge on any atom is 0.0921 e. The average molecular weight is 183 g/mol. The van der Waals surface area contributed by atoms with E-state index >= 15 is 0 Å². The summed E-state index contributed by atoms with van der Waals surface area (Å²) in [6, 6.07) is 0. The molecule has 0 radical (unpaired) electrons. The van der Waals surface area contributed by atoms with Gasteiger partial charge in [0.25, 0.3) is 0 Å². The van der Waals surface area contributed by atoms with E-state index in [0.29, 0.717) is 19.1 Å². The lowest BCUT2D eigenvalue weighted by Gasteiger charge is -2.08. The number of rotatable bonds is 6. The molecule has 0 saturated heterocycles. The fraction of sp³-hybridized carbons (Fsp3) is 0.667. The predicted molar refractivity (Wildman–Crippen MR) is 51.5 cm³/mol. The van der Waals surface area contributed by atoms with E-state index in [-0.39, 0.29) is 0 Å². The summed E-state index contributed by atoms with van der Waals surface area (Å²) in [5.41, 5.74) is 6.46. The molecule has 0 aliphatic heterocycles. The van der Waals surface area contributed by atoms with Gasteiger partial charge >= 0.3 is 0 Å². The van der Waals surface area contributed by atoms with Crippen molar-refractivity contribution < 1.29 is 4.74 Å². The van der Waals surface area contributed by atoms with Crippen molar-refractivity contribution in [3.63, 3.8) is 0 Å². The van der Waals surface area contributed by atoms with E-state index in [4.69, 9.17) is 10.5 Å². The van der Waals surface area contributed by atoms with Crippen LogP contribution in [0.5, 0.6) is 0 Å². The Morgan fingerprint density at radius 2 is 2.46 bits per heavy atom. The molecule has 0 aliphatic rings. The highest BCUT2D eigenvalue weighted by Crippen LogP contribution is 2.14. The molecule has 13 heavy (non-hydrogen) atoms. The van der Waals surface area contributed by atoms with Crippen LogP contribution in [0.1, 0.15) is 25.0 Å². The summed E-state index contributed by atoms with van der Waals surface area (Å²) in [5, 5.41) is 0. The van der Waals surface area contributed by atoms with Crippen molar-refractivity contribution in [1.82, 2.24) is 9.97 Å². The molecule has 0 amide bonds. The molecular weight excluding hydrogens is 166 g/mol. The topological polar surface area (TPSA) is 63.9 Å². The lowest BCUT2D eigenvalue weighted by molar-refractivity contribution is 0.135. The Morgan fingerprint density at radius 3 is 3.08 bits per heavy atom. The Morgan fingerprint density at radius 1 is 1.62 bits per heavy atom. The minimum absolute atomic E-state index is 0.472. The zero-order valence-corrected chi connectivity index (χ0v) is 7.99. The van der Waals surface area contributed by atoms with Crippen molar-refractivity contribution in [1.29, 1.82) is 0 Å². The van der Waals surface area contributed by atoms with Crippen LogP contribution in [0.3, 0.4) is 0 Å². The number of nitrogens with one attached hydrogen (secondary N) is 1. The summed E-state index contributed by atoms with van der Waals surface area (Å²) in [5.74, 6) is 0.472. The largest absolute Gasteiger partial charge is 0.380 e. The second-order valence-electron chi connectivity index (χ2n) is 3.10. The Labute approximate surface area is 78.5 Å². The first-order valence-electron chi connectivity index (χ1n) is 4.60. The van der Waals surface area contributed by atoms with Crippen molar-refractivity contribution in [2.45, 2.75) is 19.3 Å². The van der Waals surface area contributed by atoms with Crippen molar-refractivity contribution in [2.75, 3.05) is 19.8 Å². The zero-order chi connectivity index (χ0) is 9.52. The summed E-state index contributed by atoms with van der Waals surface area (Å²) < 4.78 is 5.29. The molecule has 0 aliphatic carbocycles. The van der Waals surface area contributed by atoms with Crippen LogP contribution in [-0.4, -0.2) is 29.7 Å². The Kier molecular flexibility index (Phi) is 4.49. The van der Waals surface area contributed by atoms with Gasteiger partial charge in [0.2, 0.25) is 0 Å². The van der Waals surface area contributed by atoms with Gasteiger partial charge in [-0.2, -0.15) is 0 Å². The van der Waals surface area contributed by atoms with Gasteiger partial charge in [-0.1, -0.05) is 6.92 Å². The first kappa shape index (κ1) is 10.2. The first-order valence-corrected chi connectivity index (χ1v) is 4.60. The van der Waals surface area contributed by atoms with Crippen LogP contribution in [0.2, 0.25) is 0 Å². The van der Waals surface area contributed by atoms with E-state index in [1.165, 1.54) is 0 Å². The Balaban J connectivity index is 2.15. The van der Waals surface area contributed by atoms with Gasteiger partial charge in [0.15, 0.2) is 0 Å². The van der Waals surface area contributed by atoms with Gasteiger partial charge in [-0.05, 0) is 12.3 Å². The number of imidazole rings is 1. The Bertz CT molecular complexity index is 211. The van der Waals surface area contributed by atoms with Crippen LogP contribution in [0.25, 0.3) is 0 Å². The molecular formula is C9H17N3O. The molecule has 1 aromatic heterocycles. The number of aromatic nitrogens is 2. The van der Waals surface area contributed by atoms with E-state index in [9.17, 15) is 0 Å². The van der Waals surface area contributed by atoms with Crippen LogP contribution in [0, 0.1) is 0 Å². The Hall–Kier alpha value is -0.870. The summed E-state index contributed by atoms with van der Waals surface area (Å²) in [6.45, 7) is 4.16. The molecule has 4 heteroatoms. The maximum absolute atomic E-state index is 5.30. The molecule has 1 unspecified atom stereocenters. The molecule has 0 bridgehead atoms. The van der Waals surface area contributed by atoms with Crippen molar-refractivity contribution >= 4 is 0 Å². The van der Waals surface area contributed by atoms with Crippen LogP contribution >= 0.6 is 0 Å². The third-order valence-corrected chi connectivity index (χ3v) is 2.01. The molecule has 4 nitrogen and oxygen atoms in total. The summed E-state index contributed by atoms with van der Waals surface area (Å²) in [6.07, 6.45) is 4.56. The molecule has 1 heterocycles. The molecule has 3 N–H and O–H groups in total. The second kappa shape index (κ2) is 5.72. The zero-order valence-electron chi connectivity index (χ0n) is 7.99. The van der Waals surface area contributed by atoms with Gasteiger partial charge in [0.1, 0.15) is 0 Å². The standard InChI is InChI=1S/C9H17N3O/c1-8(2-4-13-5-3-10)9-6-11-7-12-9/h6-8H,2-5,10H2,1H3,(H,11,12). The van der Waals surface area contributed by atoms with E-state index < -0.39 is 0 Å². The van der Waals surface area contributed by atoms with Gasteiger partial charge in [0.05, 0.1) is 12.9 Å². The molecule has 0 saturated carbocycles. The molecule has 1 atom stereocenters. The van der Waals surface area contributed by atoms with Gasteiger partial charge in [-0.3, -0.25) is 0 Å². The monoisotopic (exact) mass is 183 g/mol. The van der Waals surface area contributed by atoms with Gasteiger partial charge < -0.3 is 15.5 Å². The SMILES string of the molecule is CC(CCOCCN)c1cnc[nH]1. The molecule has 0 aromatic carbocycles. The lowest BCUT2D eigenvalue weighted by Crippen LogP contribution is -2.10. The predicted octanol–water partition coefficient (Wildman–Crippen LogP) is 0.879. The molecule has 0 fully saturated rings. The average Bonchev–Trinajstić information content (AvgIpc) is 2.65. The highest BCUT2D eigenvalue weighted by atomic mass is 16.5. The summed E-state index contributed by atoms with van der Waals surface area (Å²) in [7, 11) is 0. The number of aromatic amines is 1. The lowest BCUT2D eigenvalue weighted by atomic mass is 10.1. The van der Waals surface area contributed by atoms with Crippen molar-refractivity contribution in [2.24, 2.45) is 5.73 Å². The minimum Gasteiger partial charge on any atom is -0.380 e. The van der Waals surface area contributed by atoms with E-state index in [1.54, 1.807) is 6.33 Å². The third kappa shape index (κ3) is 3.57. The quantitative estimate of drug-likeness (QED) is 0.643. The van der Waals surface area contributed by atoms with Crippen molar-refractivity contribution in [3.05, 3.63) is 18.2 Å². The highest BCUT2D eigenvalue weighted by molar-refractivity contribution is 5.01. The normalized spacial score (nSPS) is 13.1. The fourth-order valence-electron chi connectivity index (χ4n) is 1.14. The van der Waals surface area contributed by atoms with Crippen molar-refractivity contribution in [3.8, 4) is 0 Å². The molecule has 1 rings (SSSR count). The van der Waals surface area contributed by atoms with E-state index in [1.807, 2.05) is 6.20 Å². The number of H-pyrrole nitrogens is 1. The molecule has 0 spiro atoms. The maximum atomic E-state index is 5.30. The third-order valence-electron chi connectivity index (χ3n) is 2.01. The van der Waals surface area contributed by atoms with Crippen LogP contribution < -0.4 is 5.73 Å². The molecule has 1 aromatic rings. The number of nitrogens with two attached hydrogens (primary N) is 1. The molecule has 74 valence electrons. The summed E-state index contributed by atoms with van der Waals surface area (Å²) >= 11 is 0. The number of hydrogen-bond donors (Lipinski definition) is 2. The summed E-state index contributed by atoms with van der Waals surface area (Å²) in [4.78, 5) is 7.06. The van der Waals surface area contributed by atoms with Gasteiger partial charge in [0, 0.05) is 25.0 Å². The van der Waals surface area contributed by atoms with E-state index in [2.05, 4.69) is 16.9 Å². The highest BCUT2D eigenvalue weighted by Gasteiger charge is 2.05. The number of nitrogens with zero attached hydrogens (tertiary/aromatic N) is 1. The number of ether oxygens (including phenoxy) is 1. The van der Waals surface area contributed by atoms with Crippen LogP contribution in [-0.2, 0) is 4.74 Å². The smallest absolute Gasteiger partial charge is 0.0921 e. The first-order chi connectivity index (χ1) is 6.34. The van der Waals surface area contributed by atoms with E-state index in [0.717, 1.165) is 18.7 Å². The fourth-order valence-corrected chi connectivity index (χ4v) is 1.14. The minimum atomic E-state index is 0.472. The van der Waals surface area contributed by atoms with Gasteiger partial charge in [-0.25, -0.2) is 4.98 Å². The van der Waals surface area contributed by atoms with Gasteiger partial charge in [-0.15, -0.1) is 0 Å².